The summed E-state index contributed by atoms with van der Waals surface area (Å²) in [6.45, 7) is 6.61. The van der Waals surface area contributed by atoms with Crippen LogP contribution >= 0.6 is 0 Å². The molecule has 0 aromatic heterocycles. The van der Waals surface area contributed by atoms with Crippen molar-refractivity contribution in [3.63, 3.8) is 0 Å². The van der Waals surface area contributed by atoms with E-state index in [4.69, 9.17) is 14.2 Å². The largest absolute Gasteiger partial charge is 0.462 e. The minimum absolute atomic E-state index is 0.0759. The Morgan fingerprint density at radius 3 is 0.851 bits per heavy atom. The summed E-state index contributed by atoms with van der Waals surface area (Å²) in [5.74, 6) is -0.877. The zero-order chi connectivity index (χ0) is 48.6. The van der Waals surface area contributed by atoms with Crippen molar-refractivity contribution in [1.29, 1.82) is 0 Å². The van der Waals surface area contributed by atoms with Gasteiger partial charge in [-0.2, -0.15) is 0 Å². The lowest BCUT2D eigenvalue weighted by Gasteiger charge is -2.18. The van der Waals surface area contributed by atoms with Gasteiger partial charge in [0.25, 0.3) is 0 Å². The average Bonchev–Trinajstić information content (AvgIpc) is 3.33. The van der Waals surface area contributed by atoms with E-state index < -0.39 is 6.10 Å². The molecule has 0 fully saturated rings. The normalized spacial score (nSPS) is 12.3. The standard InChI is InChI=1S/C61H110O6/c1-4-7-10-13-16-19-22-25-28-30-33-36-39-42-45-48-51-54-60(63)66-57-58(56-65-59(62)53-50-47-44-41-38-35-32-27-24-21-18-15-12-9-6-3)67-61(64)55-52-49-46-43-40-37-34-31-29-26-23-20-17-14-11-8-5-2/h16-17,19-20,25-26,28-29,58H,4-15,18,21-24,27,30-57H2,1-3H3/b19-16-,20-17-,28-25-,29-26-/t58-/m0/s1. The number of esters is 3. The predicted molar refractivity (Wildman–Crippen MR) is 289 cm³/mol. The van der Waals surface area contributed by atoms with Crippen LogP contribution in [0.2, 0.25) is 0 Å². The van der Waals surface area contributed by atoms with Crippen molar-refractivity contribution in [2.75, 3.05) is 13.2 Å². The maximum atomic E-state index is 12.9. The summed E-state index contributed by atoms with van der Waals surface area (Å²) in [6, 6.07) is 0. The Morgan fingerprint density at radius 1 is 0.299 bits per heavy atom. The molecule has 390 valence electrons. The molecule has 0 N–H and O–H groups in total. The van der Waals surface area contributed by atoms with Gasteiger partial charge in [-0.15, -0.1) is 0 Å². The van der Waals surface area contributed by atoms with Crippen molar-refractivity contribution >= 4 is 17.9 Å². The van der Waals surface area contributed by atoms with Gasteiger partial charge in [-0.05, 0) is 83.5 Å². The summed E-state index contributed by atoms with van der Waals surface area (Å²) < 4.78 is 16.9. The van der Waals surface area contributed by atoms with E-state index in [2.05, 4.69) is 69.4 Å². The second-order valence-corrected chi connectivity index (χ2v) is 19.6. The fourth-order valence-electron chi connectivity index (χ4n) is 8.39. The maximum Gasteiger partial charge on any atom is 0.306 e. The van der Waals surface area contributed by atoms with Gasteiger partial charge in [0.2, 0.25) is 0 Å². The number of rotatable bonds is 53. The summed E-state index contributed by atoms with van der Waals surface area (Å²) in [4.78, 5) is 38.2. The molecule has 0 aliphatic carbocycles. The van der Waals surface area contributed by atoms with E-state index in [1.807, 2.05) is 0 Å². The molecule has 6 nitrogen and oxygen atoms in total. The van der Waals surface area contributed by atoms with Crippen LogP contribution in [0.3, 0.4) is 0 Å². The van der Waals surface area contributed by atoms with Crippen molar-refractivity contribution in [2.24, 2.45) is 0 Å². The van der Waals surface area contributed by atoms with E-state index >= 15 is 0 Å². The lowest BCUT2D eigenvalue weighted by Crippen LogP contribution is -2.30. The molecule has 1 atom stereocenters. The number of ether oxygens (including phenoxy) is 3. The molecular formula is C61H110O6. The van der Waals surface area contributed by atoms with Gasteiger partial charge in [0.05, 0.1) is 0 Å². The lowest BCUT2D eigenvalue weighted by molar-refractivity contribution is -0.167. The molecule has 0 aromatic rings. The van der Waals surface area contributed by atoms with Crippen molar-refractivity contribution in [3.05, 3.63) is 48.6 Å². The molecule has 0 amide bonds. The number of hydrogen-bond donors (Lipinski definition) is 0. The van der Waals surface area contributed by atoms with Crippen molar-refractivity contribution in [1.82, 2.24) is 0 Å². The molecule has 0 spiro atoms. The highest BCUT2D eigenvalue weighted by Gasteiger charge is 2.19. The molecule has 0 saturated carbocycles. The number of allylic oxidation sites excluding steroid dienone is 8. The van der Waals surface area contributed by atoms with Crippen LogP contribution in [0.15, 0.2) is 48.6 Å². The smallest absolute Gasteiger partial charge is 0.306 e. The van der Waals surface area contributed by atoms with Gasteiger partial charge in [0.1, 0.15) is 13.2 Å². The Morgan fingerprint density at radius 2 is 0.537 bits per heavy atom. The number of hydrogen-bond acceptors (Lipinski definition) is 6. The molecule has 0 saturated heterocycles. The van der Waals surface area contributed by atoms with Gasteiger partial charge >= 0.3 is 17.9 Å². The first-order chi connectivity index (χ1) is 33.0. The third-order valence-electron chi connectivity index (χ3n) is 12.8. The minimum atomic E-state index is -0.779. The molecule has 0 radical (unpaired) electrons. The fourth-order valence-corrected chi connectivity index (χ4v) is 8.39. The zero-order valence-electron chi connectivity index (χ0n) is 44.7. The minimum Gasteiger partial charge on any atom is -0.462 e. The van der Waals surface area contributed by atoms with E-state index in [-0.39, 0.29) is 31.1 Å². The topological polar surface area (TPSA) is 78.9 Å². The predicted octanol–water partition coefficient (Wildman–Crippen LogP) is 19.4. The van der Waals surface area contributed by atoms with Gasteiger partial charge < -0.3 is 14.2 Å². The average molecular weight is 940 g/mol. The van der Waals surface area contributed by atoms with Gasteiger partial charge in [-0.1, -0.05) is 249 Å². The molecule has 0 aliphatic heterocycles. The highest BCUT2D eigenvalue weighted by molar-refractivity contribution is 5.71. The maximum absolute atomic E-state index is 12.9. The van der Waals surface area contributed by atoms with E-state index in [1.165, 1.54) is 180 Å². The van der Waals surface area contributed by atoms with Gasteiger partial charge in [-0.3, -0.25) is 14.4 Å². The quantitative estimate of drug-likeness (QED) is 0.0262. The van der Waals surface area contributed by atoms with Crippen LogP contribution < -0.4 is 0 Å². The summed E-state index contributed by atoms with van der Waals surface area (Å²) in [5.41, 5.74) is 0. The monoisotopic (exact) mass is 939 g/mol. The van der Waals surface area contributed by atoms with E-state index in [9.17, 15) is 14.4 Å². The van der Waals surface area contributed by atoms with Gasteiger partial charge in [0.15, 0.2) is 6.10 Å². The van der Waals surface area contributed by atoms with Crippen LogP contribution in [-0.4, -0.2) is 37.2 Å². The Balaban J connectivity index is 4.38. The van der Waals surface area contributed by atoms with E-state index in [0.29, 0.717) is 19.3 Å². The van der Waals surface area contributed by atoms with Crippen molar-refractivity contribution in [3.8, 4) is 0 Å². The van der Waals surface area contributed by atoms with Crippen LogP contribution in [0.4, 0.5) is 0 Å². The highest BCUT2D eigenvalue weighted by atomic mass is 16.6. The SMILES string of the molecule is CCCCC/C=C\C/C=C\CCCCCCCCCC(=O)OC[C@H](COC(=O)CCCCCCCCCCCCCCCCC)OC(=O)CCCCCCCCC/C=C\C/C=C\CCCCC. The molecule has 67 heavy (non-hydrogen) atoms. The second-order valence-electron chi connectivity index (χ2n) is 19.6. The van der Waals surface area contributed by atoms with Gasteiger partial charge in [-0.25, -0.2) is 0 Å². The van der Waals surface area contributed by atoms with Crippen LogP contribution in [0.25, 0.3) is 0 Å². The van der Waals surface area contributed by atoms with E-state index in [1.54, 1.807) is 0 Å². The Bertz CT molecular complexity index is 1170. The Kier molecular flexibility index (Phi) is 53.8. The molecule has 6 heteroatoms. The number of carbonyl (C=O) groups is 3. The van der Waals surface area contributed by atoms with Crippen molar-refractivity contribution in [2.45, 2.75) is 309 Å². The van der Waals surface area contributed by atoms with Crippen LogP contribution in [0.1, 0.15) is 303 Å². The highest BCUT2D eigenvalue weighted by Crippen LogP contribution is 2.16. The molecule has 0 aliphatic rings. The molecular weight excluding hydrogens is 829 g/mol. The molecule has 0 heterocycles. The van der Waals surface area contributed by atoms with Gasteiger partial charge in [0, 0.05) is 19.3 Å². The summed E-state index contributed by atoms with van der Waals surface area (Å²) >= 11 is 0. The number of unbranched alkanes of at least 4 members (excludes halogenated alkanes) is 34. The molecule has 0 unspecified atom stereocenters. The summed E-state index contributed by atoms with van der Waals surface area (Å²) in [7, 11) is 0. The molecule has 0 aromatic carbocycles. The first kappa shape index (κ1) is 64.4. The van der Waals surface area contributed by atoms with Crippen LogP contribution in [0.5, 0.6) is 0 Å². The second kappa shape index (κ2) is 56.0. The lowest BCUT2D eigenvalue weighted by atomic mass is 10.0. The first-order valence-electron chi connectivity index (χ1n) is 29.1. The fraction of sp³-hybridized carbons (Fsp3) is 0.820. The number of carbonyl (C=O) groups excluding carboxylic acids is 3. The summed E-state index contributed by atoms with van der Waals surface area (Å²) in [6.07, 6.45) is 68.0. The molecule has 0 rings (SSSR count). The zero-order valence-corrected chi connectivity index (χ0v) is 44.7. The molecule has 0 bridgehead atoms. The van der Waals surface area contributed by atoms with Crippen molar-refractivity contribution < 1.29 is 28.6 Å². The third kappa shape index (κ3) is 54.2. The third-order valence-corrected chi connectivity index (χ3v) is 12.8. The summed E-state index contributed by atoms with van der Waals surface area (Å²) in [5, 5.41) is 0. The van der Waals surface area contributed by atoms with Crippen LogP contribution in [0, 0.1) is 0 Å². The first-order valence-corrected chi connectivity index (χ1v) is 29.1. The van der Waals surface area contributed by atoms with Crippen LogP contribution in [-0.2, 0) is 28.6 Å². The Labute approximate surface area is 416 Å². The Hall–Kier alpha value is -2.63. The van der Waals surface area contributed by atoms with E-state index in [0.717, 1.165) is 83.5 Å².